The normalized spacial score (nSPS) is 11.3. The van der Waals surface area contributed by atoms with Crippen LogP contribution >= 0.6 is 11.3 Å². The highest BCUT2D eigenvalue weighted by atomic mass is 32.1. The Balaban J connectivity index is 1.39. The number of aryl methyl sites for hydroxylation is 1. The first kappa shape index (κ1) is 28.1. The number of halogens is 1. The highest BCUT2D eigenvalue weighted by molar-refractivity contribution is 7.18. The molecule has 3 aromatic carbocycles. The summed E-state index contributed by atoms with van der Waals surface area (Å²) in [6.07, 6.45) is 2.45. The number of fused-ring (bicyclic) bond motifs is 1. The number of rotatable bonds is 12. The molecule has 1 aromatic heterocycles. The summed E-state index contributed by atoms with van der Waals surface area (Å²) in [4.78, 5) is 18.5. The molecule has 4 aromatic rings. The molecule has 6 nitrogen and oxygen atoms in total. The molecule has 39 heavy (non-hydrogen) atoms. The molecule has 0 spiro atoms. The maximum Gasteiger partial charge on any atom is 0.333 e. The molecule has 0 unspecified atom stereocenters. The lowest BCUT2D eigenvalue weighted by Gasteiger charge is -2.20. The number of hydrogen-bond donors (Lipinski definition) is 0. The quantitative estimate of drug-likeness (QED) is 0.0773. The molecule has 1 heterocycles. The molecule has 8 heteroatoms. The zero-order chi connectivity index (χ0) is 27.8. The Morgan fingerprint density at radius 1 is 1.00 bits per heavy atom. The summed E-state index contributed by atoms with van der Waals surface area (Å²) in [7, 11) is 0. The van der Waals surface area contributed by atoms with Gasteiger partial charge in [-0.15, -0.1) is 16.5 Å². The van der Waals surface area contributed by atoms with Gasteiger partial charge in [-0.2, -0.15) is 5.11 Å². The van der Waals surface area contributed by atoms with Crippen LogP contribution in [0.15, 0.2) is 83.0 Å². The zero-order valence-corrected chi connectivity index (χ0v) is 23.4. The molecule has 202 valence electrons. The molecule has 4 rings (SSSR count). The lowest BCUT2D eigenvalue weighted by atomic mass is 10.0. The number of unbranched alkanes of at least 4 members (excludes halogenated alkanes) is 1. The smallest absolute Gasteiger partial charge is 0.333 e. The molecule has 0 aliphatic heterocycles. The van der Waals surface area contributed by atoms with Gasteiger partial charge >= 0.3 is 5.97 Å². The van der Waals surface area contributed by atoms with Crippen LogP contribution in [0.25, 0.3) is 21.3 Å². The van der Waals surface area contributed by atoms with Crippen molar-refractivity contribution in [2.75, 3.05) is 24.6 Å². The van der Waals surface area contributed by atoms with Crippen LogP contribution in [0, 0.1) is 5.82 Å². The van der Waals surface area contributed by atoms with E-state index in [1.807, 2.05) is 48.5 Å². The molecule has 0 amide bonds. The zero-order valence-electron chi connectivity index (χ0n) is 22.6. The summed E-state index contributed by atoms with van der Waals surface area (Å²) in [5.74, 6) is -0.779. The van der Waals surface area contributed by atoms with Crippen LogP contribution in [0.5, 0.6) is 0 Å². The first-order chi connectivity index (χ1) is 18.9. The minimum Gasteiger partial charge on any atom is -0.462 e. The second-order valence-corrected chi connectivity index (χ2v) is 10.3. The molecule has 0 aliphatic rings. The fourth-order valence-electron chi connectivity index (χ4n) is 4.13. The minimum absolute atomic E-state index is 0.192. The lowest BCUT2D eigenvalue weighted by molar-refractivity contribution is -0.139. The Kier molecular flexibility index (Phi) is 9.54. The molecule has 0 N–H and O–H groups in total. The number of aromatic nitrogens is 1. The summed E-state index contributed by atoms with van der Waals surface area (Å²) < 4.78 is 21.1. The number of thiazole rings is 1. The van der Waals surface area contributed by atoms with E-state index in [-0.39, 0.29) is 11.7 Å². The Labute approximate surface area is 232 Å². The summed E-state index contributed by atoms with van der Waals surface area (Å²) >= 11 is 1.65. The van der Waals surface area contributed by atoms with Crippen molar-refractivity contribution in [2.45, 2.75) is 40.0 Å². The standard InChI is InChI=1S/C31H33FN4O2S/c1-5-36(6-2)25-14-12-24(13-15-25)34-35-27-16-10-22(19-26(27)32)23-11-17-29-28(20-23)33-30(39-29)9-7-8-18-38-31(37)21(3)4/h10-17,19-20H,3,5-9,18H2,1-2,4H3/b35-34+. The number of nitrogens with zero attached hydrogens (tertiary/aromatic N) is 4. The summed E-state index contributed by atoms with van der Waals surface area (Å²) in [5, 5.41) is 9.38. The van der Waals surface area contributed by atoms with E-state index in [0.717, 1.165) is 64.4 Å². The second kappa shape index (κ2) is 13.2. The third-order valence-corrected chi connectivity index (χ3v) is 7.43. The van der Waals surface area contributed by atoms with Crippen molar-refractivity contribution < 1.29 is 13.9 Å². The number of azo groups is 1. The summed E-state index contributed by atoms with van der Waals surface area (Å²) in [6.45, 7) is 11.7. The Bertz CT molecular complexity index is 1480. The predicted molar refractivity (Wildman–Crippen MR) is 158 cm³/mol. The number of hydrogen-bond acceptors (Lipinski definition) is 7. The van der Waals surface area contributed by atoms with Crippen LogP contribution < -0.4 is 4.90 Å². The van der Waals surface area contributed by atoms with E-state index < -0.39 is 5.82 Å². The van der Waals surface area contributed by atoms with Crippen LogP contribution in [0.3, 0.4) is 0 Å². The average Bonchev–Trinajstić information content (AvgIpc) is 3.35. The van der Waals surface area contributed by atoms with Gasteiger partial charge in [-0.05, 0) is 99.7 Å². The molecule has 0 saturated heterocycles. The van der Waals surface area contributed by atoms with E-state index >= 15 is 0 Å². The van der Waals surface area contributed by atoms with Gasteiger partial charge in [0.05, 0.1) is 27.5 Å². The third kappa shape index (κ3) is 7.35. The van der Waals surface area contributed by atoms with E-state index in [4.69, 9.17) is 9.72 Å². The predicted octanol–water partition coefficient (Wildman–Crippen LogP) is 8.81. The van der Waals surface area contributed by atoms with Crippen LogP contribution in [0.1, 0.15) is 38.6 Å². The van der Waals surface area contributed by atoms with E-state index in [1.54, 1.807) is 24.3 Å². The first-order valence-electron chi connectivity index (χ1n) is 13.2. The van der Waals surface area contributed by atoms with Crippen molar-refractivity contribution in [2.24, 2.45) is 10.2 Å². The SMILES string of the molecule is C=C(C)C(=O)OCCCCc1nc2cc(-c3ccc(/N=N/c4ccc(N(CC)CC)cc4)c(F)c3)ccc2s1. The first-order valence-corrected chi connectivity index (χ1v) is 14.0. The van der Waals surface area contributed by atoms with Gasteiger partial charge in [0.15, 0.2) is 5.82 Å². The number of benzene rings is 3. The van der Waals surface area contributed by atoms with Gasteiger partial charge in [0.1, 0.15) is 5.69 Å². The van der Waals surface area contributed by atoms with Crippen LogP contribution in [-0.4, -0.2) is 30.6 Å². The average molecular weight is 545 g/mol. The van der Waals surface area contributed by atoms with Crippen molar-refractivity contribution in [1.82, 2.24) is 4.98 Å². The highest BCUT2D eigenvalue weighted by Gasteiger charge is 2.10. The molecule has 0 radical (unpaired) electrons. The van der Waals surface area contributed by atoms with Crippen LogP contribution in [-0.2, 0) is 16.0 Å². The molecular formula is C31H33FN4O2S. The van der Waals surface area contributed by atoms with Gasteiger partial charge in [0.2, 0.25) is 0 Å². The lowest BCUT2D eigenvalue weighted by Crippen LogP contribution is -2.21. The molecule has 0 saturated carbocycles. The third-order valence-electron chi connectivity index (χ3n) is 6.33. The summed E-state index contributed by atoms with van der Waals surface area (Å²) in [5.41, 5.74) is 4.93. The topological polar surface area (TPSA) is 67.1 Å². The number of carbonyl (C=O) groups is 1. The van der Waals surface area contributed by atoms with Gasteiger partial charge < -0.3 is 9.64 Å². The molecule has 0 bridgehead atoms. The summed E-state index contributed by atoms with van der Waals surface area (Å²) in [6, 6.07) is 18.7. The van der Waals surface area contributed by atoms with Crippen LogP contribution in [0.4, 0.5) is 21.5 Å². The number of anilines is 1. The van der Waals surface area contributed by atoms with Crippen LogP contribution in [0.2, 0.25) is 0 Å². The fourth-order valence-corrected chi connectivity index (χ4v) is 5.12. The Morgan fingerprint density at radius 2 is 1.72 bits per heavy atom. The number of ether oxygens (including phenoxy) is 1. The van der Waals surface area contributed by atoms with Gasteiger partial charge in [-0.3, -0.25) is 0 Å². The molecule has 0 fully saturated rings. The van der Waals surface area contributed by atoms with E-state index in [1.165, 1.54) is 6.07 Å². The van der Waals surface area contributed by atoms with E-state index in [2.05, 4.69) is 35.6 Å². The van der Waals surface area contributed by atoms with Gasteiger partial charge in [-0.25, -0.2) is 14.2 Å². The van der Waals surface area contributed by atoms with Gasteiger partial charge in [0.25, 0.3) is 0 Å². The van der Waals surface area contributed by atoms with Crippen molar-refractivity contribution in [3.8, 4) is 11.1 Å². The molecule has 0 aliphatic carbocycles. The van der Waals surface area contributed by atoms with E-state index in [0.29, 0.717) is 17.9 Å². The Morgan fingerprint density at radius 3 is 2.41 bits per heavy atom. The number of esters is 1. The largest absolute Gasteiger partial charge is 0.462 e. The Hall–Kier alpha value is -3.91. The fraction of sp³-hybridized carbons (Fsp3) is 0.290. The monoisotopic (exact) mass is 544 g/mol. The highest BCUT2D eigenvalue weighted by Crippen LogP contribution is 2.31. The molecular weight excluding hydrogens is 511 g/mol. The second-order valence-electron chi connectivity index (χ2n) is 9.22. The van der Waals surface area contributed by atoms with Crippen molar-refractivity contribution in [3.63, 3.8) is 0 Å². The molecule has 0 atom stereocenters. The minimum atomic E-state index is -0.428. The maximum atomic E-state index is 14.9. The van der Waals surface area contributed by atoms with Gasteiger partial charge in [0, 0.05) is 24.4 Å². The van der Waals surface area contributed by atoms with Crippen molar-refractivity contribution in [1.29, 1.82) is 0 Å². The maximum absolute atomic E-state index is 14.9. The number of carbonyl (C=O) groups excluding carboxylic acids is 1. The van der Waals surface area contributed by atoms with Crippen molar-refractivity contribution >= 4 is 44.6 Å². The van der Waals surface area contributed by atoms with Gasteiger partial charge in [-0.1, -0.05) is 18.7 Å². The van der Waals surface area contributed by atoms with E-state index in [9.17, 15) is 9.18 Å². The van der Waals surface area contributed by atoms with Crippen molar-refractivity contribution in [3.05, 3.63) is 83.6 Å².